The van der Waals surface area contributed by atoms with Crippen molar-refractivity contribution in [3.8, 4) is 0 Å². The van der Waals surface area contributed by atoms with Crippen molar-refractivity contribution in [1.82, 2.24) is 10.6 Å². The first-order valence-corrected chi connectivity index (χ1v) is 9.39. The van der Waals surface area contributed by atoms with Crippen LogP contribution in [0.25, 0.3) is 0 Å². The number of hydrogen-bond acceptors (Lipinski definition) is 2. The zero-order valence-electron chi connectivity index (χ0n) is 14.4. The van der Waals surface area contributed by atoms with Crippen molar-refractivity contribution >= 4 is 63.7 Å². The lowest BCUT2D eigenvalue weighted by molar-refractivity contribution is 0.0930. The highest BCUT2D eigenvalue weighted by molar-refractivity contribution is 7.80. The molecule has 27 heavy (non-hydrogen) atoms. The minimum absolute atomic E-state index is 0.132. The first kappa shape index (κ1) is 21.7. The van der Waals surface area contributed by atoms with E-state index in [0.29, 0.717) is 0 Å². The van der Waals surface area contributed by atoms with Crippen LogP contribution in [0.4, 0.5) is 10.1 Å². The molecule has 3 N–H and O–H groups in total. The molecule has 1 amide bonds. The summed E-state index contributed by atoms with van der Waals surface area (Å²) in [7, 11) is 0. The van der Waals surface area contributed by atoms with E-state index < -0.39 is 21.7 Å². The van der Waals surface area contributed by atoms with Crippen LogP contribution in [0.15, 0.2) is 42.5 Å². The molecule has 9 heteroatoms. The molecule has 2 rings (SSSR count). The van der Waals surface area contributed by atoms with Crippen molar-refractivity contribution in [2.45, 2.75) is 23.8 Å². The molecule has 1 atom stereocenters. The summed E-state index contributed by atoms with van der Waals surface area (Å²) >= 11 is 23.1. The molecule has 0 radical (unpaired) electrons. The van der Waals surface area contributed by atoms with E-state index in [1.54, 1.807) is 0 Å². The van der Waals surface area contributed by atoms with Gasteiger partial charge in [-0.2, -0.15) is 0 Å². The second kappa shape index (κ2) is 9.06. The Labute approximate surface area is 177 Å². The van der Waals surface area contributed by atoms with Crippen molar-refractivity contribution in [1.29, 1.82) is 0 Å². The molecule has 0 aliphatic rings. The SMILES string of the molecule is Cc1ccc(NC(=S)NC(NC(=O)c2ccccc2F)C(Cl)(Cl)Cl)c(C)c1. The van der Waals surface area contributed by atoms with Crippen molar-refractivity contribution in [3.05, 3.63) is 65.0 Å². The smallest absolute Gasteiger partial charge is 0.255 e. The summed E-state index contributed by atoms with van der Waals surface area (Å²) in [6.07, 6.45) is -1.19. The standard InChI is InChI=1S/C18H17Cl3FN3OS/c1-10-7-8-14(11(2)9-10)23-17(27)25-16(18(19,20)21)24-15(26)12-5-3-4-6-13(12)22/h3-9,16H,1-2H3,(H,24,26)(H2,23,25,27). The van der Waals surface area contributed by atoms with Crippen LogP contribution in [-0.2, 0) is 0 Å². The molecule has 2 aromatic rings. The van der Waals surface area contributed by atoms with E-state index in [1.807, 2.05) is 32.0 Å². The average molecular weight is 449 g/mol. The molecule has 144 valence electrons. The lowest BCUT2D eigenvalue weighted by Gasteiger charge is -2.28. The quantitative estimate of drug-likeness (QED) is 0.355. The van der Waals surface area contributed by atoms with Gasteiger partial charge in [0.25, 0.3) is 5.91 Å². The van der Waals surface area contributed by atoms with Gasteiger partial charge in [-0.3, -0.25) is 4.79 Å². The number of rotatable bonds is 4. The highest BCUT2D eigenvalue weighted by Gasteiger charge is 2.35. The summed E-state index contributed by atoms with van der Waals surface area (Å²) in [6.45, 7) is 3.90. The number of amides is 1. The molecule has 0 bridgehead atoms. The molecule has 0 saturated carbocycles. The molecule has 0 spiro atoms. The van der Waals surface area contributed by atoms with Crippen molar-refractivity contribution in [2.75, 3.05) is 5.32 Å². The fourth-order valence-corrected chi connectivity index (χ4v) is 2.85. The summed E-state index contributed by atoms with van der Waals surface area (Å²) < 4.78 is 11.9. The Bertz CT molecular complexity index is 858. The van der Waals surface area contributed by atoms with Crippen LogP contribution in [0, 0.1) is 19.7 Å². The fraction of sp³-hybridized carbons (Fsp3) is 0.222. The van der Waals surface area contributed by atoms with Crippen LogP contribution in [-0.4, -0.2) is 21.0 Å². The molecule has 0 heterocycles. The second-order valence-corrected chi connectivity index (χ2v) is 8.62. The molecule has 2 aromatic carbocycles. The molecule has 0 aromatic heterocycles. The molecule has 1 unspecified atom stereocenters. The number of carbonyl (C=O) groups is 1. The van der Waals surface area contributed by atoms with Crippen molar-refractivity contribution in [3.63, 3.8) is 0 Å². The van der Waals surface area contributed by atoms with Gasteiger partial charge >= 0.3 is 0 Å². The molecular weight excluding hydrogens is 432 g/mol. The zero-order chi connectivity index (χ0) is 20.2. The van der Waals surface area contributed by atoms with Gasteiger partial charge in [0, 0.05) is 5.69 Å². The zero-order valence-corrected chi connectivity index (χ0v) is 17.5. The van der Waals surface area contributed by atoms with E-state index >= 15 is 0 Å². The third-order valence-electron chi connectivity index (χ3n) is 3.63. The Morgan fingerprint density at radius 2 is 1.78 bits per heavy atom. The van der Waals surface area contributed by atoms with Crippen LogP contribution in [0.5, 0.6) is 0 Å². The first-order valence-electron chi connectivity index (χ1n) is 7.85. The second-order valence-electron chi connectivity index (χ2n) is 5.84. The van der Waals surface area contributed by atoms with Gasteiger partial charge in [0.05, 0.1) is 5.56 Å². The van der Waals surface area contributed by atoms with Crippen molar-refractivity contribution in [2.24, 2.45) is 0 Å². The number of halogens is 4. The number of aryl methyl sites for hydroxylation is 2. The number of benzene rings is 2. The van der Waals surface area contributed by atoms with E-state index in [-0.39, 0.29) is 10.7 Å². The lowest BCUT2D eigenvalue weighted by atomic mass is 10.1. The van der Waals surface area contributed by atoms with E-state index in [1.165, 1.54) is 24.3 Å². The molecule has 4 nitrogen and oxygen atoms in total. The predicted octanol–water partition coefficient (Wildman–Crippen LogP) is 4.86. The Hall–Kier alpha value is -1.60. The molecule has 0 aliphatic carbocycles. The number of anilines is 1. The van der Waals surface area contributed by atoms with Gasteiger partial charge in [0.1, 0.15) is 12.0 Å². The number of nitrogens with one attached hydrogen (secondary N) is 3. The maximum atomic E-state index is 13.8. The highest BCUT2D eigenvalue weighted by Crippen LogP contribution is 2.29. The van der Waals surface area contributed by atoms with Gasteiger partial charge in [-0.25, -0.2) is 4.39 Å². The van der Waals surface area contributed by atoms with Crippen molar-refractivity contribution < 1.29 is 9.18 Å². The van der Waals surface area contributed by atoms with Gasteiger partial charge in [-0.15, -0.1) is 0 Å². The lowest BCUT2D eigenvalue weighted by Crippen LogP contribution is -2.56. The van der Waals surface area contributed by atoms with E-state index in [2.05, 4.69) is 16.0 Å². The number of hydrogen-bond donors (Lipinski definition) is 3. The summed E-state index contributed by atoms with van der Waals surface area (Å²) in [5, 5.41) is 8.29. The van der Waals surface area contributed by atoms with Gasteiger partial charge in [-0.05, 0) is 49.8 Å². The maximum absolute atomic E-state index is 13.8. The van der Waals surface area contributed by atoms with Gasteiger partial charge < -0.3 is 16.0 Å². The van der Waals surface area contributed by atoms with Gasteiger partial charge in [-0.1, -0.05) is 64.6 Å². The molecule has 0 saturated heterocycles. The summed E-state index contributed by atoms with van der Waals surface area (Å²) in [5.41, 5.74) is 2.67. The number of alkyl halides is 3. The van der Waals surface area contributed by atoms with Crippen LogP contribution in [0.3, 0.4) is 0 Å². The maximum Gasteiger partial charge on any atom is 0.255 e. The van der Waals surface area contributed by atoms with Crippen LogP contribution >= 0.6 is 47.0 Å². The molecular formula is C18H17Cl3FN3OS. The fourth-order valence-electron chi connectivity index (χ4n) is 2.30. The predicted molar refractivity (Wildman–Crippen MR) is 113 cm³/mol. The summed E-state index contributed by atoms with van der Waals surface area (Å²) in [5.74, 6) is -1.43. The normalized spacial score (nSPS) is 12.2. The van der Waals surface area contributed by atoms with Crippen LogP contribution in [0.2, 0.25) is 0 Å². The number of carbonyl (C=O) groups excluding carboxylic acids is 1. The minimum Gasteiger partial charge on any atom is -0.339 e. The topological polar surface area (TPSA) is 53.2 Å². The Morgan fingerprint density at radius 1 is 1.11 bits per heavy atom. The molecule has 0 aliphatic heterocycles. The minimum atomic E-state index is -1.94. The third kappa shape index (κ3) is 6.21. The summed E-state index contributed by atoms with van der Waals surface area (Å²) in [6, 6.07) is 11.3. The summed E-state index contributed by atoms with van der Waals surface area (Å²) in [4.78, 5) is 12.3. The van der Waals surface area contributed by atoms with Gasteiger partial charge in [0.2, 0.25) is 3.79 Å². The van der Waals surface area contributed by atoms with Gasteiger partial charge in [0.15, 0.2) is 5.11 Å². The highest BCUT2D eigenvalue weighted by atomic mass is 35.6. The largest absolute Gasteiger partial charge is 0.339 e. The first-order chi connectivity index (χ1) is 12.6. The monoisotopic (exact) mass is 447 g/mol. The van der Waals surface area contributed by atoms with E-state index in [0.717, 1.165) is 16.8 Å². The Kier molecular flexibility index (Phi) is 7.28. The van der Waals surface area contributed by atoms with Crippen LogP contribution < -0.4 is 16.0 Å². The molecule has 0 fully saturated rings. The van der Waals surface area contributed by atoms with E-state index in [4.69, 9.17) is 47.0 Å². The van der Waals surface area contributed by atoms with E-state index in [9.17, 15) is 9.18 Å². The Morgan fingerprint density at radius 3 is 2.37 bits per heavy atom. The number of thiocarbonyl (C=S) groups is 1. The van der Waals surface area contributed by atoms with Crippen LogP contribution in [0.1, 0.15) is 21.5 Å². The average Bonchev–Trinajstić information content (AvgIpc) is 2.56. The Balaban J connectivity index is 2.11. The third-order valence-corrected chi connectivity index (χ3v) is 4.50.